The summed E-state index contributed by atoms with van der Waals surface area (Å²) in [6.07, 6.45) is 2.06. The summed E-state index contributed by atoms with van der Waals surface area (Å²) in [4.78, 5) is 27.7. The van der Waals surface area contributed by atoms with Gasteiger partial charge in [0.1, 0.15) is 11.6 Å². The summed E-state index contributed by atoms with van der Waals surface area (Å²) in [5.41, 5.74) is 2.69. The van der Waals surface area contributed by atoms with Crippen LogP contribution in [0.5, 0.6) is 5.75 Å². The number of phenols is 1. The molecular weight excluding hydrogens is 471 g/mol. The first kappa shape index (κ1) is 25.1. The van der Waals surface area contributed by atoms with Crippen molar-refractivity contribution in [1.82, 2.24) is 10.2 Å². The zero-order chi connectivity index (χ0) is 24.9. The molecule has 0 radical (unpaired) electrons. The van der Waals surface area contributed by atoms with Gasteiger partial charge >= 0.3 is 0 Å². The molecule has 1 fully saturated rings. The number of hydrogen-bond donors (Lipinski definition) is 4. The smallest absolute Gasteiger partial charge is 0.255 e. The number of aliphatic hydroxyl groups excluding tert-OH is 2. The molecule has 3 unspecified atom stereocenters. The van der Waals surface area contributed by atoms with Crippen LogP contribution in [-0.4, -0.2) is 56.8 Å². The van der Waals surface area contributed by atoms with E-state index in [-0.39, 0.29) is 30.6 Å². The van der Waals surface area contributed by atoms with Gasteiger partial charge in [0, 0.05) is 24.3 Å². The van der Waals surface area contributed by atoms with Crippen LogP contribution in [0.3, 0.4) is 0 Å². The summed E-state index contributed by atoms with van der Waals surface area (Å²) in [5, 5.41) is 35.2. The fourth-order valence-electron chi connectivity index (χ4n) is 4.54. The lowest BCUT2D eigenvalue weighted by atomic mass is 9.95. The molecule has 186 valence electrons. The molecule has 7 nitrogen and oxygen atoms in total. The summed E-state index contributed by atoms with van der Waals surface area (Å²) in [5.74, 6) is -1.52. The number of nitrogens with zero attached hydrogens (tertiary/aromatic N) is 1. The van der Waals surface area contributed by atoms with Gasteiger partial charge in [-0.1, -0.05) is 24.3 Å². The zero-order valence-electron chi connectivity index (χ0n) is 19.2. The van der Waals surface area contributed by atoms with Crippen molar-refractivity contribution >= 4 is 23.2 Å². The van der Waals surface area contributed by atoms with Crippen LogP contribution in [-0.2, 0) is 22.6 Å². The second-order valence-electron chi connectivity index (χ2n) is 8.88. The summed E-state index contributed by atoms with van der Waals surface area (Å²) in [6.45, 7) is 0.548. The highest BCUT2D eigenvalue weighted by Gasteiger charge is 2.39. The lowest BCUT2D eigenvalue weighted by molar-refractivity contribution is -0.153. The third-order valence-electron chi connectivity index (χ3n) is 6.45. The Hall–Kier alpha value is -3.01. The van der Waals surface area contributed by atoms with Gasteiger partial charge < -0.3 is 25.5 Å². The first-order chi connectivity index (χ1) is 16.8. The van der Waals surface area contributed by atoms with Crippen LogP contribution in [0.1, 0.15) is 41.7 Å². The third-order valence-corrected chi connectivity index (χ3v) is 7.43. The van der Waals surface area contributed by atoms with Crippen molar-refractivity contribution < 1.29 is 29.3 Å². The number of hydrogen-bond acceptors (Lipinski definition) is 6. The topological polar surface area (TPSA) is 110 Å². The van der Waals surface area contributed by atoms with Gasteiger partial charge in [0.05, 0.1) is 12.6 Å². The van der Waals surface area contributed by atoms with E-state index in [0.717, 1.165) is 28.0 Å². The number of carbonyl (C=O) groups is 2. The molecule has 9 heteroatoms. The number of phenolic OH excluding ortho intramolecular Hbond substituents is 1. The monoisotopic (exact) mass is 500 g/mol. The van der Waals surface area contributed by atoms with Crippen LogP contribution in [0, 0.1) is 0 Å². The summed E-state index contributed by atoms with van der Waals surface area (Å²) in [7, 11) is 0. The van der Waals surface area contributed by atoms with Gasteiger partial charge in [0.2, 0.25) is 0 Å². The highest BCUT2D eigenvalue weighted by Crippen LogP contribution is 2.31. The van der Waals surface area contributed by atoms with Crippen LogP contribution >= 0.6 is 11.3 Å². The maximum absolute atomic E-state index is 13.3. The number of aromatic hydroxyl groups is 1. The van der Waals surface area contributed by atoms with Gasteiger partial charge in [-0.25, -0.2) is 4.39 Å². The molecule has 35 heavy (non-hydrogen) atoms. The Labute approximate surface area is 207 Å². The minimum atomic E-state index is -1.90. The number of amides is 2. The molecule has 2 aromatic rings. The Balaban J connectivity index is 1.31. The van der Waals surface area contributed by atoms with E-state index in [9.17, 15) is 29.3 Å². The first-order valence-corrected chi connectivity index (χ1v) is 12.5. The van der Waals surface area contributed by atoms with Crippen molar-refractivity contribution in [3.8, 4) is 5.75 Å². The van der Waals surface area contributed by atoms with Gasteiger partial charge in [-0.15, -0.1) is 11.3 Å². The van der Waals surface area contributed by atoms with Crippen molar-refractivity contribution in [3.63, 3.8) is 0 Å². The Kier molecular flexibility index (Phi) is 8.00. The maximum Gasteiger partial charge on any atom is 0.255 e. The lowest BCUT2D eigenvalue weighted by Crippen LogP contribution is -2.52. The zero-order valence-corrected chi connectivity index (χ0v) is 20.0. The number of para-hydroxylation sites is 1. The van der Waals surface area contributed by atoms with Crippen molar-refractivity contribution in [1.29, 1.82) is 0 Å². The standard InChI is InChI=1S/C26H29FN2O5S/c27-19-9-7-17(8-10-19)21-5-3-11-29(21)26(34)24(32)23(31)25(33)28-14-20-13-16(15-35-20)12-18-4-1-2-6-22(18)30/h1-2,4,6-7,9,13,15,21,23-24,30-32H,3,5,8,10-12,14H2,(H,28,33). The van der Waals surface area contributed by atoms with Crippen LogP contribution in [0.4, 0.5) is 4.39 Å². The van der Waals surface area contributed by atoms with Crippen molar-refractivity contribution in [3.05, 3.63) is 75.3 Å². The fraction of sp³-hybridized carbons (Fsp3) is 0.385. The van der Waals surface area contributed by atoms with Gasteiger partial charge in [-0.2, -0.15) is 0 Å². The Morgan fingerprint density at radius 1 is 1.17 bits per heavy atom. The van der Waals surface area contributed by atoms with E-state index in [1.165, 1.54) is 22.3 Å². The quantitative estimate of drug-likeness (QED) is 0.446. The number of thiophene rings is 1. The summed E-state index contributed by atoms with van der Waals surface area (Å²) in [6, 6.07) is 8.72. The molecule has 1 aliphatic heterocycles. The number of rotatable bonds is 8. The average Bonchev–Trinajstić information content (AvgIpc) is 3.53. The number of carbonyl (C=O) groups excluding carboxylic acids is 2. The molecule has 3 atom stereocenters. The number of allylic oxidation sites excluding steroid dienone is 3. The van der Waals surface area contributed by atoms with E-state index < -0.39 is 24.0 Å². The molecule has 4 N–H and O–H groups in total. The molecule has 2 aliphatic rings. The second kappa shape index (κ2) is 11.2. The van der Waals surface area contributed by atoms with Crippen molar-refractivity contribution in [2.24, 2.45) is 0 Å². The van der Waals surface area contributed by atoms with E-state index in [2.05, 4.69) is 5.32 Å². The van der Waals surface area contributed by atoms with Crippen LogP contribution in [0.25, 0.3) is 0 Å². The molecule has 1 aromatic carbocycles. The van der Waals surface area contributed by atoms with E-state index >= 15 is 0 Å². The third kappa shape index (κ3) is 5.98. The summed E-state index contributed by atoms with van der Waals surface area (Å²) < 4.78 is 13.3. The summed E-state index contributed by atoms with van der Waals surface area (Å²) >= 11 is 1.43. The SMILES string of the molecule is O=C(NCc1cc(Cc2ccccc2O)cs1)C(O)C(O)C(=O)N1CCCC1C1=CC=C(F)CC1. The van der Waals surface area contributed by atoms with E-state index in [1.807, 2.05) is 23.6 Å². The number of nitrogens with one attached hydrogen (secondary N) is 1. The van der Waals surface area contributed by atoms with E-state index in [0.29, 0.717) is 25.8 Å². The molecule has 1 saturated heterocycles. The molecule has 2 heterocycles. The second-order valence-corrected chi connectivity index (χ2v) is 9.87. The van der Waals surface area contributed by atoms with Gasteiger partial charge in [-0.05, 0) is 59.6 Å². The maximum atomic E-state index is 13.3. The fourth-order valence-corrected chi connectivity index (χ4v) is 5.37. The minimum Gasteiger partial charge on any atom is -0.508 e. The Morgan fingerprint density at radius 2 is 1.97 bits per heavy atom. The molecule has 2 amide bonds. The highest BCUT2D eigenvalue weighted by molar-refractivity contribution is 7.10. The molecule has 4 rings (SSSR count). The first-order valence-electron chi connectivity index (χ1n) is 11.7. The Morgan fingerprint density at radius 3 is 2.71 bits per heavy atom. The highest BCUT2D eigenvalue weighted by atomic mass is 32.1. The van der Waals surface area contributed by atoms with Crippen LogP contribution < -0.4 is 5.32 Å². The number of halogens is 1. The van der Waals surface area contributed by atoms with Crippen LogP contribution in [0.2, 0.25) is 0 Å². The number of aliphatic hydroxyl groups is 2. The van der Waals surface area contributed by atoms with Gasteiger partial charge in [0.15, 0.2) is 12.2 Å². The molecule has 0 bridgehead atoms. The number of benzene rings is 1. The lowest BCUT2D eigenvalue weighted by Gasteiger charge is -2.30. The molecule has 1 aromatic heterocycles. The van der Waals surface area contributed by atoms with Crippen molar-refractivity contribution in [2.45, 2.75) is 56.9 Å². The van der Waals surface area contributed by atoms with E-state index in [4.69, 9.17) is 0 Å². The predicted molar refractivity (Wildman–Crippen MR) is 130 cm³/mol. The van der Waals surface area contributed by atoms with Gasteiger partial charge in [0.25, 0.3) is 11.8 Å². The normalized spacial score (nSPS) is 19.6. The Bertz CT molecular complexity index is 1140. The minimum absolute atomic E-state index is 0.138. The molecule has 1 aliphatic carbocycles. The number of likely N-dealkylation sites (tertiary alicyclic amines) is 1. The van der Waals surface area contributed by atoms with Crippen molar-refractivity contribution in [2.75, 3.05) is 6.54 Å². The van der Waals surface area contributed by atoms with Gasteiger partial charge in [-0.3, -0.25) is 9.59 Å². The largest absolute Gasteiger partial charge is 0.508 e. The average molecular weight is 501 g/mol. The molecule has 0 saturated carbocycles. The molecule has 0 spiro atoms. The van der Waals surface area contributed by atoms with E-state index in [1.54, 1.807) is 18.2 Å². The van der Waals surface area contributed by atoms with Crippen LogP contribution in [0.15, 0.2) is 59.3 Å². The predicted octanol–water partition coefficient (Wildman–Crippen LogP) is 2.95. The molecular formula is C26H29FN2O5S.